The summed E-state index contributed by atoms with van der Waals surface area (Å²) in [6, 6.07) is 0. The maximum atomic E-state index is 9.00. The van der Waals surface area contributed by atoms with Crippen LogP contribution in [0.5, 0.6) is 0 Å². The van der Waals surface area contributed by atoms with E-state index in [2.05, 4.69) is 22.1 Å². The van der Waals surface area contributed by atoms with Gasteiger partial charge in [-0.2, -0.15) is 5.10 Å². The van der Waals surface area contributed by atoms with Crippen LogP contribution >= 0.6 is 11.6 Å². The minimum Gasteiger partial charge on any atom is -0.411 e. The van der Waals surface area contributed by atoms with Crippen LogP contribution in [0.25, 0.3) is 0 Å². The number of hydrogen-bond donors (Lipinski definition) is 1. The molecule has 1 aliphatic heterocycles. The lowest BCUT2D eigenvalue weighted by molar-refractivity contribution is 0.220. The van der Waals surface area contributed by atoms with Gasteiger partial charge in [-0.3, -0.25) is 9.58 Å². The van der Waals surface area contributed by atoms with Gasteiger partial charge in [0.2, 0.25) is 0 Å². The largest absolute Gasteiger partial charge is 0.411 e. The zero-order valence-corrected chi connectivity index (χ0v) is 12.5. The van der Waals surface area contributed by atoms with Gasteiger partial charge < -0.3 is 5.21 Å². The second kappa shape index (κ2) is 5.92. The van der Waals surface area contributed by atoms with Crippen LogP contribution < -0.4 is 0 Å². The van der Waals surface area contributed by atoms with Crippen molar-refractivity contribution >= 4 is 17.3 Å². The van der Waals surface area contributed by atoms with Crippen LogP contribution in [0.3, 0.4) is 0 Å². The Morgan fingerprint density at radius 2 is 2.26 bits per heavy atom. The molecule has 1 saturated heterocycles. The fraction of sp³-hybridized carbons (Fsp3) is 0.692. The number of likely N-dealkylation sites (tertiary alicyclic amines) is 1. The monoisotopic (exact) mass is 284 g/mol. The number of aromatic nitrogens is 2. The first-order valence-corrected chi connectivity index (χ1v) is 7.05. The Balaban J connectivity index is 2.08. The van der Waals surface area contributed by atoms with E-state index in [9.17, 15) is 0 Å². The quantitative estimate of drug-likeness (QED) is 0.685. The molecule has 0 bridgehead atoms. The third-order valence-electron chi connectivity index (χ3n) is 3.91. The van der Waals surface area contributed by atoms with E-state index in [4.69, 9.17) is 16.8 Å². The zero-order valence-electron chi connectivity index (χ0n) is 11.7. The summed E-state index contributed by atoms with van der Waals surface area (Å²) in [6.45, 7) is 6.75. The first-order valence-electron chi connectivity index (χ1n) is 6.68. The number of halogens is 1. The number of oxime groups is 1. The van der Waals surface area contributed by atoms with Crippen LogP contribution in [0.15, 0.2) is 5.16 Å². The van der Waals surface area contributed by atoms with Gasteiger partial charge >= 0.3 is 0 Å². The highest BCUT2D eigenvalue weighted by atomic mass is 35.5. The first kappa shape index (κ1) is 14.3. The molecule has 0 radical (unpaired) electrons. The van der Waals surface area contributed by atoms with Gasteiger partial charge in [0, 0.05) is 44.6 Å². The number of aryl methyl sites for hydroxylation is 2. The van der Waals surface area contributed by atoms with E-state index in [1.807, 2.05) is 14.0 Å². The first-order chi connectivity index (χ1) is 9.06. The van der Waals surface area contributed by atoms with Crippen molar-refractivity contribution in [3.8, 4) is 0 Å². The van der Waals surface area contributed by atoms with Crippen molar-refractivity contribution in [3.63, 3.8) is 0 Å². The maximum absolute atomic E-state index is 9.00. The minimum absolute atomic E-state index is 0.342. The normalized spacial score (nSPS) is 23.2. The van der Waals surface area contributed by atoms with E-state index in [0.29, 0.717) is 11.1 Å². The van der Waals surface area contributed by atoms with Crippen LogP contribution in [0, 0.1) is 12.8 Å². The minimum atomic E-state index is 0.342. The lowest BCUT2D eigenvalue weighted by Crippen LogP contribution is -2.40. The molecule has 1 aromatic heterocycles. The molecule has 1 N–H and O–H groups in total. The number of hydrogen-bond acceptors (Lipinski definition) is 4. The topological polar surface area (TPSA) is 53.7 Å². The molecule has 0 amide bonds. The zero-order chi connectivity index (χ0) is 14.0. The van der Waals surface area contributed by atoms with Crippen LogP contribution in [0.2, 0.25) is 5.15 Å². The van der Waals surface area contributed by atoms with Gasteiger partial charge in [-0.05, 0) is 13.3 Å². The second-order valence-electron chi connectivity index (χ2n) is 5.16. The van der Waals surface area contributed by atoms with E-state index in [0.717, 1.165) is 49.4 Å². The predicted octanol–water partition coefficient (Wildman–Crippen LogP) is 2.44. The van der Waals surface area contributed by atoms with Crippen molar-refractivity contribution in [3.05, 3.63) is 16.4 Å². The Hall–Kier alpha value is -1.07. The molecule has 19 heavy (non-hydrogen) atoms. The summed E-state index contributed by atoms with van der Waals surface area (Å²) < 4.78 is 1.72. The lowest BCUT2D eigenvalue weighted by Gasteiger charge is -2.32. The molecule has 0 aromatic carbocycles. The van der Waals surface area contributed by atoms with Crippen LogP contribution in [0.1, 0.15) is 31.0 Å². The number of nitrogens with zero attached hydrogens (tertiary/aromatic N) is 4. The third-order valence-corrected chi connectivity index (χ3v) is 4.38. The van der Waals surface area contributed by atoms with Crippen LogP contribution in [0.4, 0.5) is 0 Å². The number of rotatable bonds is 3. The fourth-order valence-electron chi connectivity index (χ4n) is 2.70. The van der Waals surface area contributed by atoms with Crippen LogP contribution in [-0.2, 0) is 13.6 Å². The highest BCUT2D eigenvalue weighted by Crippen LogP contribution is 2.24. The molecule has 0 saturated carbocycles. The molecule has 5 nitrogen and oxygen atoms in total. The summed E-state index contributed by atoms with van der Waals surface area (Å²) in [4.78, 5) is 2.36. The molecule has 2 heterocycles. The van der Waals surface area contributed by atoms with Gasteiger partial charge in [-0.15, -0.1) is 0 Å². The van der Waals surface area contributed by atoms with E-state index < -0.39 is 0 Å². The Labute approximate surface area is 118 Å². The molecular weight excluding hydrogens is 264 g/mol. The molecular formula is C13H21ClN4O. The van der Waals surface area contributed by atoms with E-state index >= 15 is 0 Å². The molecule has 6 heteroatoms. The third kappa shape index (κ3) is 2.92. The summed E-state index contributed by atoms with van der Waals surface area (Å²) in [7, 11) is 1.86. The molecule has 1 atom stereocenters. The Morgan fingerprint density at radius 3 is 2.79 bits per heavy atom. The van der Waals surface area contributed by atoms with Gasteiger partial charge in [0.1, 0.15) is 5.15 Å². The van der Waals surface area contributed by atoms with Gasteiger partial charge in [-0.25, -0.2) is 0 Å². The highest BCUT2D eigenvalue weighted by Gasteiger charge is 2.26. The maximum Gasteiger partial charge on any atom is 0.131 e. The average molecular weight is 285 g/mol. The summed E-state index contributed by atoms with van der Waals surface area (Å²) in [5, 5.41) is 17.5. The van der Waals surface area contributed by atoms with Crippen molar-refractivity contribution in [1.29, 1.82) is 0 Å². The van der Waals surface area contributed by atoms with E-state index in [1.54, 1.807) is 4.68 Å². The molecule has 1 fully saturated rings. The molecule has 0 aliphatic carbocycles. The van der Waals surface area contributed by atoms with Gasteiger partial charge in [-0.1, -0.05) is 23.7 Å². The van der Waals surface area contributed by atoms with Gasteiger partial charge in [0.25, 0.3) is 0 Å². The fourth-order valence-corrected chi connectivity index (χ4v) is 2.94. The molecule has 1 aliphatic rings. The SMILES string of the molecule is CCC1CN(Cc2c(C)nn(C)c2Cl)CCC1=NO. The van der Waals surface area contributed by atoms with Gasteiger partial charge in [0.05, 0.1) is 11.4 Å². The van der Waals surface area contributed by atoms with Crippen molar-refractivity contribution in [1.82, 2.24) is 14.7 Å². The summed E-state index contributed by atoms with van der Waals surface area (Å²) in [6.07, 6.45) is 1.82. The predicted molar refractivity (Wildman–Crippen MR) is 75.9 cm³/mol. The Bertz CT molecular complexity index is 483. The highest BCUT2D eigenvalue weighted by molar-refractivity contribution is 6.30. The van der Waals surface area contributed by atoms with Crippen molar-refractivity contribution in [2.75, 3.05) is 13.1 Å². The Morgan fingerprint density at radius 1 is 1.53 bits per heavy atom. The summed E-state index contributed by atoms with van der Waals surface area (Å²) >= 11 is 6.27. The summed E-state index contributed by atoms with van der Waals surface area (Å²) in [5.74, 6) is 0.342. The Kier molecular flexibility index (Phi) is 4.47. The average Bonchev–Trinajstić information content (AvgIpc) is 2.65. The molecule has 106 valence electrons. The van der Waals surface area contributed by atoms with Crippen molar-refractivity contribution < 1.29 is 5.21 Å². The second-order valence-corrected chi connectivity index (χ2v) is 5.52. The smallest absolute Gasteiger partial charge is 0.131 e. The molecule has 2 rings (SSSR count). The van der Waals surface area contributed by atoms with E-state index in [-0.39, 0.29) is 0 Å². The van der Waals surface area contributed by atoms with E-state index in [1.165, 1.54) is 0 Å². The lowest BCUT2D eigenvalue weighted by atomic mass is 9.93. The van der Waals surface area contributed by atoms with Crippen molar-refractivity contribution in [2.24, 2.45) is 18.1 Å². The van der Waals surface area contributed by atoms with Crippen LogP contribution in [-0.4, -0.2) is 38.7 Å². The molecule has 0 spiro atoms. The van der Waals surface area contributed by atoms with Crippen molar-refractivity contribution in [2.45, 2.75) is 33.2 Å². The molecule has 1 aromatic rings. The van der Waals surface area contributed by atoms with Gasteiger partial charge in [0.15, 0.2) is 0 Å². The number of piperidine rings is 1. The molecule has 1 unspecified atom stereocenters. The summed E-state index contributed by atoms with van der Waals surface area (Å²) in [5.41, 5.74) is 3.01. The standard InChI is InChI=1S/C13H21ClN4O/c1-4-10-7-18(6-5-12(10)16-19)8-11-9(2)15-17(3)13(11)14/h10,19H,4-8H2,1-3H3.